The number of fused-ring (bicyclic) bond motifs is 1. The zero-order chi connectivity index (χ0) is 31.4. The molecular weight excluding hydrogens is 579 g/mol. The molecule has 1 aromatic heterocycles. The van der Waals surface area contributed by atoms with Crippen LogP contribution in [0.1, 0.15) is 49.3 Å². The molecule has 0 saturated carbocycles. The van der Waals surface area contributed by atoms with Crippen molar-refractivity contribution in [3.05, 3.63) is 64.1 Å². The van der Waals surface area contributed by atoms with E-state index < -0.39 is 37.9 Å². The molecule has 3 aromatic rings. The molecule has 0 fully saturated rings. The summed E-state index contributed by atoms with van der Waals surface area (Å²) in [5.74, 6) is -2.40. The highest BCUT2D eigenvalue weighted by atomic mass is 35.5. The first-order chi connectivity index (χ1) is 19.6. The molecule has 0 aliphatic heterocycles. The van der Waals surface area contributed by atoms with Gasteiger partial charge in [0.05, 0.1) is 41.4 Å². The summed E-state index contributed by atoms with van der Waals surface area (Å²) in [5, 5.41) is 16.4. The van der Waals surface area contributed by atoms with Crippen LogP contribution in [0, 0.1) is 17.1 Å². The molecule has 0 spiro atoms. The Kier molecular flexibility index (Phi) is 10.1. The summed E-state index contributed by atoms with van der Waals surface area (Å²) in [5.41, 5.74) is 6.39. The fourth-order valence-corrected chi connectivity index (χ4v) is 5.27. The van der Waals surface area contributed by atoms with E-state index in [0.29, 0.717) is 16.5 Å². The van der Waals surface area contributed by atoms with Gasteiger partial charge in [0.25, 0.3) is 5.91 Å². The van der Waals surface area contributed by atoms with Gasteiger partial charge in [0, 0.05) is 17.5 Å². The van der Waals surface area contributed by atoms with Crippen LogP contribution >= 0.6 is 11.6 Å². The molecule has 3 rings (SSSR count). The molecule has 0 bridgehead atoms. The number of aromatic nitrogens is 2. The number of nitrogens with two attached hydrogens (primary N) is 1. The van der Waals surface area contributed by atoms with Crippen LogP contribution in [-0.4, -0.2) is 59.9 Å². The van der Waals surface area contributed by atoms with Crippen LogP contribution in [0.3, 0.4) is 0 Å². The minimum absolute atomic E-state index is 0.0568. The molecule has 0 unspecified atom stereocenters. The third-order valence-electron chi connectivity index (χ3n) is 7.56. The molecule has 3 N–H and O–H groups in total. The number of nitrogens with zero attached hydrogens (tertiary/aromatic N) is 4. The fourth-order valence-electron chi connectivity index (χ4n) is 3.98. The maximum Gasteiger partial charge on any atom is 0.269 e. The Morgan fingerprint density at radius 3 is 2.57 bits per heavy atom. The minimum atomic E-state index is -2.18. The third-order valence-corrected chi connectivity index (χ3v) is 12.4. The number of amides is 3. The lowest BCUT2D eigenvalue weighted by Gasteiger charge is -2.38. The van der Waals surface area contributed by atoms with Crippen molar-refractivity contribution in [2.45, 2.75) is 65.0 Å². The average Bonchev–Trinajstić information content (AvgIpc) is 3.28. The number of rotatable bonds is 11. The number of hydrogen-bond donors (Lipinski definition) is 2. The molecule has 224 valence electrons. The molecule has 1 atom stereocenters. The predicted molar refractivity (Wildman–Crippen MR) is 161 cm³/mol. The zero-order valence-electron chi connectivity index (χ0n) is 24.6. The lowest BCUT2D eigenvalue weighted by molar-refractivity contribution is -0.139. The van der Waals surface area contributed by atoms with Gasteiger partial charge in [-0.25, -0.2) is 4.39 Å². The van der Waals surface area contributed by atoms with Crippen molar-refractivity contribution in [2.75, 3.05) is 13.2 Å². The van der Waals surface area contributed by atoms with Gasteiger partial charge in [0.1, 0.15) is 12.4 Å². The Balaban J connectivity index is 1.87. The topological polar surface area (TPSA) is 143 Å². The Labute approximate surface area is 250 Å². The normalized spacial score (nSPS) is 12.5. The van der Waals surface area contributed by atoms with Gasteiger partial charge in [0.2, 0.25) is 11.8 Å². The number of nitrogens with one attached hydrogen (secondary N) is 1. The summed E-state index contributed by atoms with van der Waals surface area (Å²) in [6.45, 7) is 11.7. The first-order valence-corrected chi connectivity index (χ1v) is 16.7. The van der Waals surface area contributed by atoms with E-state index in [1.54, 1.807) is 25.1 Å². The molecule has 13 heteroatoms. The number of halogens is 2. The predicted octanol–water partition coefficient (Wildman–Crippen LogP) is 4.35. The van der Waals surface area contributed by atoms with Crippen LogP contribution in [0.15, 0.2) is 36.4 Å². The lowest BCUT2D eigenvalue weighted by atomic mass is 10.1. The van der Waals surface area contributed by atoms with Crippen LogP contribution in [0.2, 0.25) is 23.2 Å². The molecule has 10 nitrogen and oxygen atoms in total. The largest absolute Gasteiger partial charge is 0.415 e. The summed E-state index contributed by atoms with van der Waals surface area (Å²) in [7, 11) is -2.18. The zero-order valence-corrected chi connectivity index (χ0v) is 26.4. The van der Waals surface area contributed by atoms with E-state index in [9.17, 15) is 24.0 Å². The quantitative estimate of drug-likeness (QED) is 0.307. The smallest absolute Gasteiger partial charge is 0.269 e. The van der Waals surface area contributed by atoms with Crippen molar-refractivity contribution >= 4 is 48.5 Å². The molecule has 0 aliphatic rings. The molecule has 1 heterocycles. The van der Waals surface area contributed by atoms with Gasteiger partial charge in [-0.3, -0.25) is 19.1 Å². The van der Waals surface area contributed by atoms with Gasteiger partial charge >= 0.3 is 0 Å². The van der Waals surface area contributed by atoms with Crippen LogP contribution in [0.25, 0.3) is 10.9 Å². The Morgan fingerprint density at radius 1 is 1.26 bits per heavy atom. The first kappa shape index (κ1) is 32.7. The highest BCUT2D eigenvalue weighted by molar-refractivity contribution is 6.74. The van der Waals surface area contributed by atoms with E-state index in [1.165, 1.54) is 27.8 Å². The van der Waals surface area contributed by atoms with Gasteiger partial charge in [0.15, 0.2) is 14.0 Å². The van der Waals surface area contributed by atoms with Crippen LogP contribution in [0.4, 0.5) is 4.39 Å². The van der Waals surface area contributed by atoms with Gasteiger partial charge in [-0.2, -0.15) is 10.4 Å². The first-order valence-electron chi connectivity index (χ1n) is 13.4. The maximum atomic E-state index is 14.3. The minimum Gasteiger partial charge on any atom is -0.415 e. The van der Waals surface area contributed by atoms with E-state index in [0.717, 1.165) is 0 Å². The van der Waals surface area contributed by atoms with Crippen LogP contribution in [-0.2, 0) is 27.1 Å². The van der Waals surface area contributed by atoms with Gasteiger partial charge in [-0.05, 0) is 49.3 Å². The number of nitriles is 1. The molecule has 0 saturated heterocycles. The molecular formula is C29H36ClFN6O4Si. The number of carbonyl (C=O) groups excluding carboxylic acids is 3. The maximum absolute atomic E-state index is 14.3. The van der Waals surface area contributed by atoms with Crippen LogP contribution < -0.4 is 11.1 Å². The summed E-state index contributed by atoms with van der Waals surface area (Å²) in [4.78, 5) is 40.2. The van der Waals surface area contributed by atoms with Crippen molar-refractivity contribution < 1.29 is 23.2 Å². The second-order valence-corrected chi connectivity index (χ2v) is 16.9. The summed E-state index contributed by atoms with van der Waals surface area (Å²) in [6.07, 6.45) is 0. The monoisotopic (exact) mass is 614 g/mol. The summed E-state index contributed by atoms with van der Waals surface area (Å²) in [6, 6.07) is 10.6. The lowest BCUT2D eigenvalue weighted by Crippen LogP contribution is -2.50. The Hall–Kier alpha value is -3.79. The summed E-state index contributed by atoms with van der Waals surface area (Å²) >= 11 is 5.85. The van der Waals surface area contributed by atoms with Crippen molar-refractivity contribution in [2.24, 2.45) is 5.73 Å². The highest BCUT2D eigenvalue weighted by Gasteiger charge is 2.38. The van der Waals surface area contributed by atoms with Crippen molar-refractivity contribution in [3.63, 3.8) is 0 Å². The van der Waals surface area contributed by atoms with E-state index in [4.69, 9.17) is 21.8 Å². The second kappa shape index (κ2) is 13.0. The fraction of sp³-hybridized carbons (Fsp3) is 0.414. The van der Waals surface area contributed by atoms with E-state index >= 15 is 0 Å². The highest BCUT2D eigenvalue weighted by Crippen LogP contribution is 2.36. The van der Waals surface area contributed by atoms with Crippen molar-refractivity contribution in [1.82, 2.24) is 20.0 Å². The van der Waals surface area contributed by atoms with Gasteiger partial charge < -0.3 is 20.4 Å². The van der Waals surface area contributed by atoms with E-state index in [2.05, 4.69) is 44.3 Å². The van der Waals surface area contributed by atoms with Gasteiger partial charge in [-0.1, -0.05) is 44.5 Å². The second-order valence-electron chi connectivity index (χ2n) is 11.6. The van der Waals surface area contributed by atoms with E-state index in [-0.39, 0.29) is 47.6 Å². The Morgan fingerprint density at radius 2 is 1.95 bits per heavy atom. The standard InChI is InChI=1S/C29H36ClFN6O4Si/c1-18(17-41-42(5,6)29(2,3)4)36(15-24(38)34-14-20-8-7-9-22(30)26(20)31)25(39)16-37-23-11-10-19(13-32)12-21(23)27(35-37)28(33)40/h7-12,18H,14-17H2,1-6H3,(H2,33,40)(H,34,38)/t18-/m1/s1. The van der Waals surface area contributed by atoms with E-state index in [1.807, 2.05) is 6.07 Å². The SMILES string of the molecule is C[C@H](CO[Si](C)(C)C(C)(C)C)N(CC(=O)NCc1cccc(Cl)c1F)C(=O)Cn1nc(C(N)=O)c2cc(C#N)ccc21. The summed E-state index contributed by atoms with van der Waals surface area (Å²) < 4.78 is 22.0. The number of benzene rings is 2. The molecule has 42 heavy (non-hydrogen) atoms. The third kappa shape index (κ3) is 7.53. The molecule has 0 radical (unpaired) electrons. The van der Waals surface area contributed by atoms with Crippen LogP contribution in [0.5, 0.6) is 0 Å². The molecule has 3 amide bonds. The van der Waals surface area contributed by atoms with Crippen molar-refractivity contribution in [1.29, 1.82) is 5.26 Å². The Bertz CT molecular complexity index is 1550. The average molecular weight is 615 g/mol. The van der Waals surface area contributed by atoms with Gasteiger partial charge in [-0.15, -0.1) is 0 Å². The molecule has 2 aromatic carbocycles. The number of carbonyl (C=O) groups is 3. The number of hydrogen-bond acceptors (Lipinski definition) is 6. The number of primary amides is 1. The molecule has 0 aliphatic carbocycles. The van der Waals surface area contributed by atoms with Crippen molar-refractivity contribution in [3.8, 4) is 6.07 Å².